The van der Waals surface area contributed by atoms with E-state index in [9.17, 15) is 9.59 Å². The second kappa shape index (κ2) is 10.9. The van der Waals surface area contributed by atoms with Crippen LogP contribution in [0.3, 0.4) is 0 Å². The lowest BCUT2D eigenvalue weighted by atomic mass is 9.97. The first kappa shape index (κ1) is 26.4. The van der Waals surface area contributed by atoms with Crippen molar-refractivity contribution in [2.24, 2.45) is 0 Å². The molecule has 0 atom stereocenters. The number of pyridine rings is 1. The average Bonchev–Trinajstić information content (AvgIpc) is 3.31. The first-order valence-corrected chi connectivity index (χ1v) is 13.8. The summed E-state index contributed by atoms with van der Waals surface area (Å²) in [5.41, 5.74) is 4.76. The zero-order chi connectivity index (χ0) is 27.0. The van der Waals surface area contributed by atoms with E-state index < -0.39 is 5.97 Å². The molecule has 0 saturated carbocycles. The Morgan fingerprint density at radius 3 is 2.42 bits per heavy atom. The lowest BCUT2D eigenvalue weighted by Crippen LogP contribution is -2.17. The van der Waals surface area contributed by atoms with Crippen LogP contribution in [0.4, 0.5) is 5.00 Å². The molecule has 190 valence electrons. The molecule has 9 heteroatoms. The number of rotatable bonds is 5. The Balaban J connectivity index is 1.63. The summed E-state index contributed by atoms with van der Waals surface area (Å²) in [5.74, 6) is -0.911. The molecule has 0 fully saturated rings. The van der Waals surface area contributed by atoms with Gasteiger partial charge in [0.1, 0.15) is 10.6 Å². The third kappa shape index (κ3) is 4.95. The molecule has 0 saturated heterocycles. The summed E-state index contributed by atoms with van der Waals surface area (Å²) in [7, 11) is 1.32. The van der Waals surface area contributed by atoms with Gasteiger partial charge in [0.15, 0.2) is 0 Å². The van der Waals surface area contributed by atoms with Crippen molar-refractivity contribution in [1.29, 1.82) is 0 Å². The summed E-state index contributed by atoms with van der Waals surface area (Å²) in [6, 6.07) is 20.1. The van der Waals surface area contributed by atoms with Gasteiger partial charge in [-0.25, -0.2) is 9.78 Å². The van der Waals surface area contributed by atoms with Gasteiger partial charge in [-0.15, -0.1) is 11.3 Å². The number of benzene rings is 3. The standard InChI is InChI=1S/C29H19BrCl2N2O3S/c1-15-24(20-5-3-4-6-23(20)33-26(15)19-12-11-18(31)13-22(19)32)27(35)34-28-25(29(36)37-2)21(14-38-28)16-7-9-17(30)10-8-16/h3-14H,1-2H3,(H,34,35). The minimum absolute atomic E-state index is 0.296. The fourth-order valence-electron chi connectivity index (χ4n) is 4.31. The molecule has 3 aromatic carbocycles. The number of amides is 1. The number of thiophene rings is 1. The summed E-state index contributed by atoms with van der Waals surface area (Å²) in [6.07, 6.45) is 0. The van der Waals surface area contributed by atoms with Gasteiger partial charge >= 0.3 is 5.97 Å². The highest BCUT2D eigenvalue weighted by Crippen LogP contribution is 2.39. The van der Waals surface area contributed by atoms with Crippen LogP contribution in [0, 0.1) is 6.92 Å². The third-order valence-corrected chi connectivity index (χ3v) is 8.08. The predicted molar refractivity (Wildman–Crippen MR) is 159 cm³/mol. The van der Waals surface area contributed by atoms with E-state index in [1.807, 2.05) is 60.8 Å². The number of halogens is 3. The summed E-state index contributed by atoms with van der Waals surface area (Å²) >= 11 is 17.3. The number of ether oxygens (including phenoxy) is 1. The van der Waals surface area contributed by atoms with E-state index in [1.165, 1.54) is 18.4 Å². The molecule has 0 aliphatic heterocycles. The van der Waals surface area contributed by atoms with E-state index in [2.05, 4.69) is 21.2 Å². The Labute approximate surface area is 241 Å². The Morgan fingerprint density at radius 2 is 1.71 bits per heavy atom. The highest BCUT2D eigenvalue weighted by atomic mass is 79.9. The number of carbonyl (C=O) groups is 2. The Morgan fingerprint density at radius 1 is 0.974 bits per heavy atom. The van der Waals surface area contributed by atoms with E-state index in [0.717, 1.165) is 10.0 Å². The largest absolute Gasteiger partial charge is 0.465 e. The van der Waals surface area contributed by atoms with E-state index in [4.69, 9.17) is 32.9 Å². The summed E-state index contributed by atoms with van der Waals surface area (Å²) in [6.45, 7) is 1.83. The van der Waals surface area contributed by atoms with Crippen molar-refractivity contribution in [3.63, 3.8) is 0 Å². The average molecular weight is 626 g/mol. The molecule has 0 aliphatic rings. The highest BCUT2D eigenvalue weighted by Gasteiger charge is 2.25. The van der Waals surface area contributed by atoms with Crippen molar-refractivity contribution in [3.05, 3.63) is 103 Å². The molecular weight excluding hydrogens is 607 g/mol. The fourth-order valence-corrected chi connectivity index (χ4v) is 6.02. The van der Waals surface area contributed by atoms with E-state index in [1.54, 1.807) is 18.2 Å². The minimum Gasteiger partial charge on any atom is -0.465 e. The topological polar surface area (TPSA) is 68.3 Å². The fraction of sp³-hybridized carbons (Fsp3) is 0.0690. The van der Waals surface area contributed by atoms with E-state index in [0.29, 0.717) is 59.5 Å². The monoisotopic (exact) mass is 624 g/mol. The third-order valence-electron chi connectivity index (χ3n) is 6.11. The lowest BCUT2D eigenvalue weighted by Gasteiger charge is -2.16. The van der Waals surface area contributed by atoms with Gasteiger partial charge in [-0.05, 0) is 54.4 Å². The predicted octanol–water partition coefficient (Wildman–Crippen LogP) is 9.05. The maximum absolute atomic E-state index is 13.9. The molecule has 1 amide bonds. The molecule has 2 heterocycles. The normalized spacial score (nSPS) is 11.0. The van der Waals surface area contributed by atoms with Crippen LogP contribution in [0.25, 0.3) is 33.3 Å². The van der Waals surface area contributed by atoms with Gasteiger partial charge in [-0.2, -0.15) is 0 Å². The molecule has 1 N–H and O–H groups in total. The van der Waals surface area contributed by atoms with Crippen LogP contribution in [0.1, 0.15) is 26.3 Å². The SMILES string of the molecule is COC(=O)c1c(-c2ccc(Br)cc2)csc1NC(=O)c1c(C)c(-c2ccc(Cl)cc2Cl)nc2ccccc12. The van der Waals surface area contributed by atoms with Crippen LogP contribution in [-0.2, 0) is 4.74 Å². The number of para-hydroxylation sites is 1. The van der Waals surface area contributed by atoms with Crippen molar-refractivity contribution < 1.29 is 14.3 Å². The Kier molecular flexibility index (Phi) is 7.54. The zero-order valence-electron chi connectivity index (χ0n) is 20.1. The van der Waals surface area contributed by atoms with Gasteiger partial charge in [0.05, 0.1) is 28.9 Å². The Hall–Kier alpha value is -3.23. The zero-order valence-corrected chi connectivity index (χ0v) is 24.1. The van der Waals surface area contributed by atoms with Gasteiger partial charge in [-0.3, -0.25) is 4.79 Å². The molecule has 0 radical (unpaired) electrons. The van der Waals surface area contributed by atoms with Gasteiger partial charge in [-0.1, -0.05) is 69.5 Å². The van der Waals surface area contributed by atoms with Crippen LogP contribution >= 0.6 is 50.5 Å². The molecular formula is C29H19BrCl2N2O3S. The Bertz CT molecular complexity index is 1720. The first-order chi connectivity index (χ1) is 18.3. The van der Waals surface area contributed by atoms with Gasteiger partial charge < -0.3 is 10.1 Å². The van der Waals surface area contributed by atoms with Crippen molar-refractivity contribution in [1.82, 2.24) is 4.98 Å². The molecule has 2 aromatic heterocycles. The first-order valence-electron chi connectivity index (χ1n) is 11.4. The maximum Gasteiger partial charge on any atom is 0.341 e. The number of aromatic nitrogens is 1. The van der Waals surface area contributed by atoms with E-state index in [-0.39, 0.29) is 5.91 Å². The molecule has 0 bridgehead atoms. The van der Waals surface area contributed by atoms with Crippen LogP contribution in [0.15, 0.2) is 76.6 Å². The molecule has 5 nitrogen and oxygen atoms in total. The minimum atomic E-state index is -0.538. The highest BCUT2D eigenvalue weighted by molar-refractivity contribution is 9.10. The van der Waals surface area contributed by atoms with Crippen LogP contribution < -0.4 is 5.32 Å². The van der Waals surface area contributed by atoms with Crippen molar-refractivity contribution in [2.45, 2.75) is 6.92 Å². The number of esters is 1. The molecule has 5 aromatic rings. The number of nitrogens with zero attached hydrogens (tertiary/aromatic N) is 1. The van der Waals surface area contributed by atoms with Crippen LogP contribution in [0.2, 0.25) is 10.0 Å². The smallest absolute Gasteiger partial charge is 0.341 e. The van der Waals surface area contributed by atoms with Gasteiger partial charge in [0, 0.05) is 31.4 Å². The molecule has 0 unspecified atom stereocenters. The molecule has 38 heavy (non-hydrogen) atoms. The molecule has 0 aliphatic carbocycles. The molecule has 0 spiro atoms. The second-order valence-electron chi connectivity index (χ2n) is 8.41. The summed E-state index contributed by atoms with van der Waals surface area (Å²) < 4.78 is 5.99. The number of hydrogen-bond donors (Lipinski definition) is 1. The van der Waals surface area contributed by atoms with Gasteiger partial charge in [0.25, 0.3) is 5.91 Å². The van der Waals surface area contributed by atoms with Crippen LogP contribution in [-0.4, -0.2) is 24.0 Å². The maximum atomic E-state index is 13.9. The van der Waals surface area contributed by atoms with Gasteiger partial charge in [0.2, 0.25) is 0 Å². The second-order valence-corrected chi connectivity index (χ2v) is 11.0. The lowest BCUT2D eigenvalue weighted by molar-refractivity contribution is 0.0603. The number of carbonyl (C=O) groups excluding carboxylic acids is 2. The number of hydrogen-bond acceptors (Lipinski definition) is 5. The van der Waals surface area contributed by atoms with Crippen LogP contribution in [0.5, 0.6) is 0 Å². The number of fused-ring (bicyclic) bond motifs is 1. The number of methoxy groups -OCH3 is 1. The summed E-state index contributed by atoms with van der Waals surface area (Å²) in [5, 5.41) is 6.81. The molecule has 5 rings (SSSR count). The van der Waals surface area contributed by atoms with E-state index >= 15 is 0 Å². The van der Waals surface area contributed by atoms with Crippen molar-refractivity contribution in [2.75, 3.05) is 12.4 Å². The van der Waals surface area contributed by atoms with Crippen molar-refractivity contribution in [3.8, 4) is 22.4 Å². The number of nitrogens with one attached hydrogen (secondary N) is 1. The summed E-state index contributed by atoms with van der Waals surface area (Å²) in [4.78, 5) is 31.5. The van der Waals surface area contributed by atoms with Crippen molar-refractivity contribution >= 4 is 78.2 Å². The number of anilines is 1. The quantitative estimate of drug-likeness (QED) is 0.198.